The van der Waals surface area contributed by atoms with E-state index in [-0.39, 0.29) is 0 Å². The minimum Gasteiger partial charge on any atom is -0.315 e. The van der Waals surface area contributed by atoms with Crippen LogP contribution in [-0.2, 0) is 24.9 Å². The van der Waals surface area contributed by atoms with Crippen molar-refractivity contribution in [2.75, 3.05) is 7.11 Å². The van der Waals surface area contributed by atoms with E-state index in [1.54, 1.807) is 0 Å². The Morgan fingerprint density at radius 3 is 2.50 bits per heavy atom. The SMILES string of the molecule is C=COOOOOC. The zero-order valence-electron chi connectivity index (χ0n) is 4.33. The molecule has 0 atom stereocenters. The molecule has 0 aromatic carbocycles. The van der Waals surface area contributed by atoms with Gasteiger partial charge in [-0.2, -0.15) is 0 Å². The van der Waals surface area contributed by atoms with Gasteiger partial charge in [0.15, 0.2) is 0 Å². The fraction of sp³-hybridized carbons (Fsp3) is 0.333. The van der Waals surface area contributed by atoms with Crippen molar-refractivity contribution < 1.29 is 24.9 Å². The first-order chi connectivity index (χ1) is 3.91. The van der Waals surface area contributed by atoms with Crippen LogP contribution >= 0.6 is 0 Å². The quantitative estimate of drug-likeness (QED) is 0.230. The molecule has 48 valence electrons. The molecule has 0 heterocycles. The molecule has 0 saturated carbocycles. The van der Waals surface area contributed by atoms with Crippen LogP contribution in [0.15, 0.2) is 12.8 Å². The molecular weight excluding hydrogens is 116 g/mol. The molecule has 5 nitrogen and oxygen atoms in total. The molecule has 5 heteroatoms. The highest BCUT2D eigenvalue weighted by atomic mass is 17.8. The Labute approximate surface area is 46.1 Å². The summed E-state index contributed by atoms with van der Waals surface area (Å²) in [6.45, 7) is 3.13. The van der Waals surface area contributed by atoms with Gasteiger partial charge in [-0.05, 0) is 5.04 Å². The van der Waals surface area contributed by atoms with Gasteiger partial charge in [0.25, 0.3) is 0 Å². The normalized spacial score (nSPS) is 8.62. The van der Waals surface area contributed by atoms with E-state index in [2.05, 4.69) is 31.5 Å². The van der Waals surface area contributed by atoms with Crippen molar-refractivity contribution >= 4 is 0 Å². The first-order valence-electron chi connectivity index (χ1n) is 1.72. The highest BCUT2D eigenvalue weighted by molar-refractivity contribution is 4.41. The van der Waals surface area contributed by atoms with Crippen LogP contribution in [0, 0.1) is 0 Å². The van der Waals surface area contributed by atoms with E-state index in [0.717, 1.165) is 6.26 Å². The molecule has 0 unspecified atom stereocenters. The molecule has 0 fully saturated rings. The summed E-state index contributed by atoms with van der Waals surface area (Å²) in [5.41, 5.74) is 0. The third-order valence-corrected chi connectivity index (χ3v) is 0.231. The Bertz CT molecular complexity index is 53.6. The highest BCUT2D eigenvalue weighted by Crippen LogP contribution is 1.81. The van der Waals surface area contributed by atoms with E-state index in [4.69, 9.17) is 0 Å². The van der Waals surface area contributed by atoms with Gasteiger partial charge in [0.1, 0.15) is 6.26 Å². The molecule has 0 radical (unpaired) electrons. The molecule has 0 bridgehead atoms. The number of rotatable bonds is 5. The van der Waals surface area contributed by atoms with Crippen LogP contribution in [-0.4, -0.2) is 7.11 Å². The molecule has 0 aliphatic rings. The van der Waals surface area contributed by atoms with Crippen molar-refractivity contribution in [3.8, 4) is 0 Å². The van der Waals surface area contributed by atoms with Gasteiger partial charge in [-0.15, -0.1) is 0 Å². The second-order valence-electron chi connectivity index (χ2n) is 0.634. The molecule has 0 spiro atoms. The van der Waals surface area contributed by atoms with Gasteiger partial charge in [-0.1, -0.05) is 6.58 Å². The molecule has 0 aromatic heterocycles. The fourth-order valence-electron chi connectivity index (χ4n) is 0.0829. The van der Waals surface area contributed by atoms with Crippen molar-refractivity contribution in [1.82, 2.24) is 0 Å². The van der Waals surface area contributed by atoms with Crippen molar-refractivity contribution in [3.63, 3.8) is 0 Å². The van der Waals surface area contributed by atoms with E-state index in [0.29, 0.717) is 0 Å². The van der Waals surface area contributed by atoms with Crippen molar-refractivity contribution in [2.24, 2.45) is 0 Å². The van der Waals surface area contributed by atoms with Crippen LogP contribution in [0.4, 0.5) is 0 Å². The Morgan fingerprint density at radius 1 is 1.25 bits per heavy atom. The van der Waals surface area contributed by atoms with E-state index in [1.165, 1.54) is 7.11 Å². The predicted octanol–water partition coefficient (Wildman–Crippen LogP) is 0.503. The van der Waals surface area contributed by atoms with E-state index in [1.807, 2.05) is 0 Å². The molecule has 0 aromatic rings. The molecular formula is C3H6O5. The van der Waals surface area contributed by atoms with E-state index in [9.17, 15) is 0 Å². The molecule has 0 saturated heterocycles. The lowest BCUT2D eigenvalue weighted by Gasteiger charge is -1.93. The lowest BCUT2D eigenvalue weighted by molar-refractivity contribution is -0.697. The maximum Gasteiger partial charge on any atom is 0.125 e. The van der Waals surface area contributed by atoms with Crippen molar-refractivity contribution in [1.29, 1.82) is 0 Å². The largest absolute Gasteiger partial charge is 0.315 e. The molecule has 0 N–H and O–H groups in total. The summed E-state index contributed by atoms with van der Waals surface area (Å²) in [5, 5.41) is 11.2. The maximum absolute atomic E-state index is 3.97. The standard InChI is InChI=1S/C3H6O5/c1-3-5-7-8-6-4-2/h3H,1H2,2H3. The van der Waals surface area contributed by atoms with Gasteiger partial charge in [0.2, 0.25) is 0 Å². The second kappa shape index (κ2) is 6.38. The summed E-state index contributed by atoms with van der Waals surface area (Å²) >= 11 is 0. The van der Waals surface area contributed by atoms with Crippen LogP contribution in [0.5, 0.6) is 0 Å². The van der Waals surface area contributed by atoms with Crippen LogP contribution in [0.3, 0.4) is 0 Å². The average molecular weight is 122 g/mol. The predicted molar refractivity (Wildman–Crippen MR) is 21.5 cm³/mol. The number of hydrogen-bond donors (Lipinski definition) is 0. The molecule has 8 heavy (non-hydrogen) atoms. The summed E-state index contributed by atoms with van der Waals surface area (Å²) in [6.07, 6.45) is 1.01. The highest BCUT2D eigenvalue weighted by Gasteiger charge is 1.81. The minimum absolute atomic E-state index is 1.01. The first-order valence-corrected chi connectivity index (χ1v) is 1.72. The van der Waals surface area contributed by atoms with Gasteiger partial charge in [0, 0.05) is 10.1 Å². The first kappa shape index (κ1) is 7.38. The molecule has 0 rings (SSSR count). The summed E-state index contributed by atoms with van der Waals surface area (Å²) in [4.78, 5) is 7.90. The lowest BCUT2D eigenvalue weighted by atomic mass is 11.2. The van der Waals surface area contributed by atoms with Crippen molar-refractivity contribution in [2.45, 2.75) is 0 Å². The summed E-state index contributed by atoms with van der Waals surface area (Å²) < 4.78 is 0. The smallest absolute Gasteiger partial charge is 0.125 e. The van der Waals surface area contributed by atoms with Crippen LogP contribution in [0.1, 0.15) is 0 Å². The van der Waals surface area contributed by atoms with Crippen molar-refractivity contribution in [3.05, 3.63) is 12.8 Å². The van der Waals surface area contributed by atoms with Gasteiger partial charge in [-0.3, -0.25) is 0 Å². The Kier molecular flexibility index (Phi) is 5.89. The van der Waals surface area contributed by atoms with Crippen LogP contribution in [0.2, 0.25) is 0 Å². The summed E-state index contributed by atoms with van der Waals surface area (Å²) in [7, 11) is 1.25. The lowest BCUT2D eigenvalue weighted by Crippen LogP contribution is -1.92. The third-order valence-electron chi connectivity index (χ3n) is 0.231. The average Bonchev–Trinajstić information content (AvgIpc) is 1.81. The monoisotopic (exact) mass is 122 g/mol. The topological polar surface area (TPSA) is 46.2 Å². The van der Waals surface area contributed by atoms with Crippen LogP contribution < -0.4 is 0 Å². The van der Waals surface area contributed by atoms with E-state index < -0.39 is 0 Å². The molecule has 0 aliphatic carbocycles. The number of hydrogen-bond acceptors (Lipinski definition) is 5. The molecule has 0 amide bonds. The Balaban J connectivity index is 2.62. The Morgan fingerprint density at radius 2 is 2.00 bits per heavy atom. The van der Waals surface area contributed by atoms with Gasteiger partial charge >= 0.3 is 0 Å². The zero-order chi connectivity index (χ0) is 6.24. The fourth-order valence-corrected chi connectivity index (χ4v) is 0.0829. The van der Waals surface area contributed by atoms with Crippen LogP contribution in [0.25, 0.3) is 0 Å². The molecule has 0 aliphatic heterocycles. The third kappa shape index (κ3) is 5.38. The summed E-state index contributed by atoms with van der Waals surface area (Å²) in [6, 6.07) is 0. The Hall–Kier alpha value is -0.620. The summed E-state index contributed by atoms with van der Waals surface area (Å²) in [5.74, 6) is 0. The van der Waals surface area contributed by atoms with Gasteiger partial charge in [-0.25, -0.2) is 4.89 Å². The maximum atomic E-state index is 3.97. The minimum atomic E-state index is 1.01. The van der Waals surface area contributed by atoms with E-state index >= 15 is 0 Å². The van der Waals surface area contributed by atoms with Gasteiger partial charge < -0.3 is 4.89 Å². The zero-order valence-corrected chi connectivity index (χ0v) is 4.33. The van der Waals surface area contributed by atoms with Gasteiger partial charge in [0.05, 0.1) is 7.11 Å². The second-order valence-corrected chi connectivity index (χ2v) is 0.634.